The van der Waals surface area contributed by atoms with Crippen LogP contribution < -0.4 is 5.32 Å². The quantitative estimate of drug-likeness (QED) is 0.721. The number of nitrogens with zero attached hydrogens (tertiary/aromatic N) is 1. The summed E-state index contributed by atoms with van der Waals surface area (Å²) in [6.45, 7) is 7.48. The Morgan fingerprint density at radius 2 is 2.00 bits per heavy atom. The normalized spacial score (nSPS) is 12.5. The molecule has 1 aromatic rings. The minimum absolute atomic E-state index is 0.0627. The van der Waals surface area contributed by atoms with E-state index in [2.05, 4.69) is 15.5 Å². The Morgan fingerprint density at radius 3 is 2.42 bits per heavy atom. The summed E-state index contributed by atoms with van der Waals surface area (Å²) in [4.78, 5) is 22.7. The SMILES string of the molecule is Cc1n[nH]c(C)c1CC(=O)NC(CC(=O)O)C(C)C. The fourth-order valence-electron chi connectivity index (χ4n) is 1.89. The van der Waals surface area contributed by atoms with Crippen molar-refractivity contribution in [2.45, 2.75) is 46.6 Å². The Bertz CT molecular complexity index is 446. The monoisotopic (exact) mass is 267 g/mol. The van der Waals surface area contributed by atoms with Crippen LogP contribution in [0.4, 0.5) is 0 Å². The summed E-state index contributed by atoms with van der Waals surface area (Å²) in [6, 6.07) is -0.350. The van der Waals surface area contributed by atoms with Crippen LogP contribution in [0.25, 0.3) is 0 Å². The molecule has 0 fully saturated rings. The fraction of sp³-hybridized carbons (Fsp3) is 0.615. The Balaban J connectivity index is 2.65. The molecule has 6 heteroatoms. The van der Waals surface area contributed by atoms with Crippen LogP contribution in [0, 0.1) is 19.8 Å². The summed E-state index contributed by atoms with van der Waals surface area (Å²) in [6.07, 6.45) is 0.157. The molecule has 1 heterocycles. The first-order valence-electron chi connectivity index (χ1n) is 6.32. The lowest BCUT2D eigenvalue weighted by Gasteiger charge is -2.20. The molecule has 0 bridgehead atoms. The highest BCUT2D eigenvalue weighted by Gasteiger charge is 2.20. The van der Waals surface area contributed by atoms with Gasteiger partial charge in [0.25, 0.3) is 0 Å². The van der Waals surface area contributed by atoms with Gasteiger partial charge in [-0.15, -0.1) is 0 Å². The molecule has 0 aliphatic carbocycles. The van der Waals surface area contributed by atoms with E-state index in [4.69, 9.17) is 5.11 Å². The van der Waals surface area contributed by atoms with Crippen molar-refractivity contribution in [2.75, 3.05) is 0 Å². The molecule has 1 aromatic heterocycles. The molecule has 0 aliphatic rings. The van der Waals surface area contributed by atoms with Crippen molar-refractivity contribution in [1.29, 1.82) is 0 Å². The number of aliphatic carboxylic acids is 1. The van der Waals surface area contributed by atoms with Gasteiger partial charge >= 0.3 is 5.97 Å². The first kappa shape index (κ1) is 15.2. The van der Waals surface area contributed by atoms with E-state index in [9.17, 15) is 9.59 Å². The third kappa shape index (κ3) is 4.39. The minimum Gasteiger partial charge on any atom is -0.481 e. The van der Waals surface area contributed by atoms with Crippen LogP contribution in [0.15, 0.2) is 0 Å². The molecule has 0 aliphatic heterocycles. The number of hydrogen-bond acceptors (Lipinski definition) is 3. The molecular weight excluding hydrogens is 246 g/mol. The van der Waals surface area contributed by atoms with Crippen molar-refractivity contribution in [3.05, 3.63) is 17.0 Å². The lowest BCUT2D eigenvalue weighted by Crippen LogP contribution is -2.40. The van der Waals surface area contributed by atoms with Crippen LogP contribution in [-0.2, 0) is 16.0 Å². The third-order valence-electron chi connectivity index (χ3n) is 3.16. The van der Waals surface area contributed by atoms with Crippen LogP contribution in [-0.4, -0.2) is 33.2 Å². The highest BCUT2D eigenvalue weighted by atomic mass is 16.4. The second-order valence-corrected chi connectivity index (χ2v) is 5.11. The van der Waals surface area contributed by atoms with E-state index in [0.29, 0.717) is 0 Å². The number of aromatic amines is 1. The van der Waals surface area contributed by atoms with Gasteiger partial charge in [-0.3, -0.25) is 14.7 Å². The van der Waals surface area contributed by atoms with Gasteiger partial charge in [-0.25, -0.2) is 0 Å². The van der Waals surface area contributed by atoms with Gasteiger partial charge in [-0.1, -0.05) is 13.8 Å². The molecule has 1 atom stereocenters. The van der Waals surface area contributed by atoms with E-state index >= 15 is 0 Å². The van der Waals surface area contributed by atoms with Gasteiger partial charge in [0.05, 0.1) is 18.5 Å². The first-order chi connectivity index (χ1) is 8.81. The molecular formula is C13H21N3O3. The third-order valence-corrected chi connectivity index (χ3v) is 3.16. The topological polar surface area (TPSA) is 95.1 Å². The zero-order valence-electron chi connectivity index (χ0n) is 11.8. The van der Waals surface area contributed by atoms with E-state index < -0.39 is 5.97 Å². The molecule has 6 nitrogen and oxygen atoms in total. The molecule has 106 valence electrons. The Hall–Kier alpha value is -1.85. The van der Waals surface area contributed by atoms with Gasteiger partial charge < -0.3 is 10.4 Å². The smallest absolute Gasteiger partial charge is 0.305 e. The fourth-order valence-corrected chi connectivity index (χ4v) is 1.89. The predicted molar refractivity (Wildman–Crippen MR) is 70.8 cm³/mol. The van der Waals surface area contributed by atoms with Crippen molar-refractivity contribution >= 4 is 11.9 Å². The van der Waals surface area contributed by atoms with E-state index in [1.54, 1.807) is 0 Å². The molecule has 1 amide bonds. The molecule has 0 radical (unpaired) electrons. The second-order valence-electron chi connectivity index (χ2n) is 5.11. The van der Waals surface area contributed by atoms with E-state index in [1.165, 1.54) is 0 Å². The Kier molecular flexibility index (Phi) is 5.09. The van der Waals surface area contributed by atoms with Crippen LogP contribution in [0.2, 0.25) is 0 Å². The van der Waals surface area contributed by atoms with E-state index in [1.807, 2.05) is 27.7 Å². The summed E-state index contributed by atoms with van der Waals surface area (Å²) in [7, 11) is 0. The first-order valence-corrected chi connectivity index (χ1v) is 6.32. The molecule has 1 unspecified atom stereocenters. The van der Waals surface area contributed by atoms with Gasteiger partial charge in [0, 0.05) is 17.3 Å². The Labute approximate surface area is 112 Å². The molecule has 0 spiro atoms. The number of carboxylic acids is 1. The number of H-pyrrole nitrogens is 1. The predicted octanol–water partition coefficient (Wildman–Crippen LogP) is 1.18. The van der Waals surface area contributed by atoms with Crippen LogP contribution >= 0.6 is 0 Å². The number of nitrogens with one attached hydrogen (secondary N) is 2. The molecule has 19 heavy (non-hydrogen) atoms. The molecule has 3 N–H and O–H groups in total. The standard InChI is InChI=1S/C13H21N3O3/c1-7(2)11(6-13(18)19)14-12(17)5-10-8(3)15-16-9(10)4/h7,11H,5-6H2,1-4H3,(H,14,17)(H,15,16)(H,18,19). The largest absolute Gasteiger partial charge is 0.481 e. The van der Waals surface area contributed by atoms with Gasteiger partial charge in [0.15, 0.2) is 0 Å². The second kappa shape index (κ2) is 6.36. The zero-order chi connectivity index (χ0) is 14.6. The highest BCUT2D eigenvalue weighted by Crippen LogP contribution is 2.11. The van der Waals surface area contributed by atoms with Crippen molar-refractivity contribution in [3.63, 3.8) is 0 Å². The number of carboxylic acid groups (broad SMARTS) is 1. The maximum Gasteiger partial charge on any atom is 0.305 e. The number of amides is 1. The van der Waals surface area contributed by atoms with E-state index in [-0.39, 0.29) is 30.7 Å². The number of aryl methyl sites for hydroxylation is 2. The van der Waals surface area contributed by atoms with Gasteiger partial charge in [0.2, 0.25) is 5.91 Å². The van der Waals surface area contributed by atoms with Crippen LogP contribution in [0.1, 0.15) is 37.2 Å². The number of carbonyl (C=O) groups is 2. The minimum atomic E-state index is -0.908. The van der Waals surface area contributed by atoms with Crippen molar-refractivity contribution in [1.82, 2.24) is 15.5 Å². The summed E-state index contributed by atoms with van der Waals surface area (Å²) < 4.78 is 0. The van der Waals surface area contributed by atoms with E-state index in [0.717, 1.165) is 17.0 Å². The van der Waals surface area contributed by atoms with Crippen molar-refractivity contribution in [3.8, 4) is 0 Å². The number of hydrogen-bond donors (Lipinski definition) is 3. The highest BCUT2D eigenvalue weighted by molar-refractivity contribution is 5.80. The van der Waals surface area contributed by atoms with Gasteiger partial charge in [0.1, 0.15) is 0 Å². The molecule has 0 aromatic carbocycles. The maximum atomic E-state index is 12.0. The van der Waals surface area contributed by atoms with Gasteiger partial charge in [-0.05, 0) is 19.8 Å². The summed E-state index contributed by atoms with van der Waals surface area (Å²) in [5.74, 6) is -1.01. The number of carbonyl (C=O) groups excluding carboxylic acids is 1. The average molecular weight is 267 g/mol. The zero-order valence-corrected chi connectivity index (χ0v) is 11.8. The van der Waals surface area contributed by atoms with Gasteiger partial charge in [-0.2, -0.15) is 5.10 Å². The average Bonchev–Trinajstić information content (AvgIpc) is 2.59. The number of aromatic nitrogens is 2. The number of rotatable bonds is 6. The molecule has 0 saturated heterocycles. The summed E-state index contributed by atoms with van der Waals surface area (Å²) >= 11 is 0. The van der Waals surface area contributed by atoms with Crippen LogP contribution in [0.5, 0.6) is 0 Å². The van der Waals surface area contributed by atoms with Crippen LogP contribution in [0.3, 0.4) is 0 Å². The molecule has 1 rings (SSSR count). The maximum absolute atomic E-state index is 12.0. The summed E-state index contributed by atoms with van der Waals surface area (Å²) in [5.41, 5.74) is 2.54. The lowest BCUT2D eigenvalue weighted by atomic mass is 10.0. The Morgan fingerprint density at radius 1 is 1.37 bits per heavy atom. The lowest BCUT2D eigenvalue weighted by molar-refractivity contribution is -0.138. The summed E-state index contributed by atoms with van der Waals surface area (Å²) in [5, 5.41) is 18.5. The molecule has 0 saturated carbocycles. The van der Waals surface area contributed by atoms with Crippen molar-refractivity contribution in [2.24, 2.45) is 5.92 Å². The van der Waals surface area contributed by atoms with Crippen molar-refractivity contribution < 1.29 is 14.7 Å².